The number of hydrogen-bond acceptors (Lipinski definition) is 7. The number of likely N-dealkylation sites (tertiary alicyclic amines) is 1. The van der Waals surface area contributed by atoms with Gasteiger partial charge in [-0.05, 0) is 57.2 Å². The molecule has 0 aliphatic carbocycles. The zero-order valence-corrected chi connectivity index (χ0v) is 28.9. The smallest absolute Gasteiger partial charge is 0.270 e. The van der Waals surface area contributed by atoms with E-state index in [0.29, 0.717) is 17.1 Å². The topological polar surface area (TPSA) is 91.8 Å². The monoisotopic (exact) mass is 626 g/mol. The van der Waals surface area contributed by atoms with E-state index in [1.54, 1.807) is 12.5 Å². The molecule has 0 unspecified atom stereocenters. The number of rotatable bonds is 16. The summed E-state index contributed by atoms with van der Waals surface area (Å²) in [5, 5.41) is 5.55. The van der Waals surface area contributed by atoms with E-state index in [1.807, 2.05) is 44.1 Å². The third-order valence-electron chi connectivity index (χ3n) is 9.36. The number of amides is 2. The molecule has 0 radical (unpaired) electrons. The standard InChI is InChI=1S/C35H54N4O4S/c1-9-24(4)27(20-31(40)29-17-13-14-18-38(29)6)35(42)39(7)30(23(2)3)21-32(43-8)34-37-28(22-44-34)33(41)36-25(5)19-26-15-11-10-12-16-26/h10-12,15-16,22-25,27,29-30,32H,9,13-14,17-21H2,1-8H3,(H,36,41)/t24-,25+,27-,29+,30+,32+/m0/s1. The fourth-order valence-corrected chi connectivity index (χ4v) is 7.21. The Morgan fingerprint density at radius 3 is 2.45 bits per heavy atom. The Balaban J connectivity index is 1.69. The minimum Gasteiger partial charge on any atom is -0.374 e. The molecular weight excluding hydrogens is 572 g/mol. The number of ketones is 1. The molecule has 3 rings (SSSR count). The van der Waals surface area contributed by atoms with Gasteiger partial charge >= 0.3 is 0 Å². The number of likely N-dealkylation sites (N-methyl/N-ethyl adjacent to an activating group) is 1. The Hall–Kier alpha value is -2.62. The highest BCUT2D eigenvalue weighted by atomic mass is 32.1. The lowest BCUT2D eigenvalue weighted by atomic mass is 9.83. The van der Waals surface area contributed by atoms with Crippen molar-refractivity contribution in [3.05, 3.63) is 52.0 Å². The average Bonchev–Trinajstić information content (AvgIpc) is 3.50. The fraction of sp³-hybridized carbons (Fsp3) is 0.657. The molecule has 2 aromatic rings. The van der Waals surface area contributed by atoms with Crippen LogP contribution in [0.4, 0.5) is 0 Å². The van der Waals surface area contributed by atoms with Gasteiger partial charge in [0.05, 0.1) is 6.04 Å². The Morgan fingerprint density at radius 2 is 1.84 bits per heavy atom. The first kappa shape index (κ1) is 35.9. The first-order valence-corrected chi connectivity index (χ1v) is 17.2. The normalized spacial score (nSPS) is 19.2. The van der Waals surface area contributed by atoms with Gasteiger partial charge in [-0.3, -0.25) is 19.3 Å². The van der Waals surface area contributed by atoms with Crippen LogP contribution < -0.4 is 5.32 Å². The molecule has 44 heavy (non-hydrogen) atoms. The maximum absolute atomic E-state index is 14.1. The summed E-state index contributed by atoms with van der Waals surface area (Å²) >= 11 is 1.40. The largest absolute Gasteiger partial charge is 0.374 e. The zero-order chi connectivity index (χ0) is 32.4. The van der Waals surface area contributed by atoms with Gasteiger partial charge in [0, 0.05) is 50.4 Å². The van der Waals surface area contributed by atoms with E-state index in [4.69, 9.17) is 4.74 Å². The second kappa shape index (κ2) is 17.2. The van der Waals surface area contributed by atoms with E-state index < -0.39 is 0 Å². The molecule has 1 fully saturated rings. The predicted molar refractivity (Wildman–Crippen MR) is 178 cm³/mol. The average molecular weight is 627 g/mol. The number of carbonyl (C=O) groups is 3. The summed E-state index contributed by atoms with van der Waals surface area (Å²) in [5.74, 6) is -0.113. The van der Waals surface area contributed by atoms with Crippen LogP contribution in [0.15, 0.2) is 35.7 Å². The maximum Gasteiger partial charge on any atom is 0.270 e. The van der Waals surface area contributed by atoms with Crippen LogP contribution >= 0.6 is 11.3 Å². The van der Waals surface area contributed by atoms with Crippen LogP contribution in [0.25, 0.3) is 0 Å². The van der Waals surface area contributed by atoms with Crippen LogP contribution in [-0.4, -0.2) is 78.3 Å². The Bertz CT molecular complexity index is 1200. The summed E-state index contributed by atoms with van der Waals surface area (Å²) in [6.45, 7) is 11.3. The molecule has 1 aromatic carbocycles. The molecule has 1 aliphatic heterocycles. The van der Waals surface area contributed by atoms with Gasteiger partial charge in [0.25, 0.3) is 5.91 Å². The summed E-state index contributed by atoms with van der Waals surface area (Å²) in [4.78, 5) is 49.2. The van der Waals surface area contributed by atoms with Crippen LogP contribution in [0.2, 0.25) is 0 Å². The fourth-order valence-electron chi connectivity index (χ4n) is 6.33. The lowest BCUT2D eigenvalue weighted by Crippen LogP contribution is -2.48. The first-order chi connectivity index (χ1) is 21.0. The quantitative estimate of drug-likeness (QED) is 0.240. The number of hydrogen-bond donors (Lipinski definition) is 1. The molecule has 1 N–H and O–H groups in total. The minimum atomic E-state index is -0.370. The van der Waals surface area contributed by atoms with Gasteiger partial charge in [0.1, 0.15) is 16.8 Å². The van der Waals surface area contributed by atoms with Gasteiger partial charge in [-0.25, -0.2) is 4.98 Å². The SMILES string of the molecule is CC[C@H](C)[C@H](CC(=O)[C@H]1CCCCN1C)C(=O)N(C)[C@H](C[C@@H](OC)c1nc(C(=O)N[C@H](C)Cc2ccccc2)cs1)C(C)C. The number of aromatic nitrogens is 1. The van der Waals surface area contributed by atoms with Crippen LogP contribution in [0.3, 0.4) is 0 Å². The molecule has 1 aliphatic rings. The highest BCUT2D eigenvalue weighted by Crippen LogP contribution is 2.32. The summed E-state index contributed by atoms with van der Waals surface area (Å²) in [5.41, 5.74) is 1.54. The van der Waals surface area contributed by atoms with Crippen molar-refractivity contribution in [2.24, 2.45) is 17.8 Å². The van der Waals surface area contributed by atoms with Crippen LogP contribution in [0.1, 0.15) is 100 Å². The number of nitrogens with one attached hydrogen (secondary N) is 1. The van der Waals surface area contributed by atoms with E-state index in [0.717, 1.165) is 38.6 Å². The Kier molecular flexibility index (Phi) is 14.0. The number of ether oxygens (including phenoxy) is 1. The number of Topliss-reactive ketones (excluding diaryl/α,β-unsaturated/α-hetero) is 1. The lowest BCUT2D eigenvalue weighted by Gasteiger charge is -2.37. The summed E-state index contributed by atoms with van der Waals surface area (Å²) in [6.07, 6.45) is 5.07. The molecule has 0 spiro atoms. The van der Waals surface area contributed by atoms with E-state index in [9.17, 15) is 14.4 Å². The van der Waals surface area contributed by atoms with Gasteiger partial charge in [0.15, 0.2) is 5.78 Å². The molecule has 1 saturated heterocycles. The van der Waals surface area contributed by atoms with E-state index in [2.05, 4.69) is 55.0 Å². The lowest BCUT2D eigenvalue weighted by molar-refractivity contribution is -0.143. The maximum atomic E-state index is 14.1. The first-order valence-electron chi connectivity index (χ1n) is 16.3. The summed E-state index contributed by atoms with van der Waals surface area (Å²) in [6, 6.07) is 9.82. The molecule has 9 heteroatoms. The van der Waals surface area contributed by atoms with E-state index >= 15 is 0 Å². The highest BCUT2D eigenvalue weighted by Gasteiger charge is 2.37. The van der Waals surface area contributed by atoms with Crippen LogP contribution in [-0.2, 0) is 20.7 Å². The van der Waals surface area contributed by atoms with Gasteiger partial charge in [0.2, 0.25) is 5.91 Å². The number of methoxy groups -OCH3 is 1. The van der Waals surface area contributed by atoms with Crippen molar-refractivity contribution in [1.82, 2.24) is 20.1 Å². The molecule has 8 nitrogen and oxygen atoms in total. The van der Waals surface area contributed by atoms with Gasteiger partial charge < -0.3 is 15.0 Å². The second-order valence-corrected chi connectivity index (χ2v) is 13.9. The summed E-state index contributed by atoms with van der Waals surface area (Å²) < 4.78 is 5.90. The van der Waals surface area contributed by atoms with Crippen LogP contribution in [0.5, 0.6) is 0 Å². The molecule has 0 bridgehead atoms. The van der Waals surface area contributed by atoms with Crippen molar-refractivity contribution in [3.8, 4) is 0 Å². The van der Waals surface area contributed by atoms with Gasteiger partial charge in [-0.1, -0.05) is 70.9 Å². The number of nitrogens with zero attached hydrogens (tertiary/aromatic N) is 3. The van der Waals surface area contributed by atoms with E-state index in [-0.39, 0.29) is 66.0 Å². The second-order valence-electron chi connectivity index (χ2n) is 13.0. The molecule has 2 heterocycles. The van der Waals surface area contributed by atoms with Crippen molar-refractivity contribution in [2.45, 2.75) is 104 Å². The molecule has 0 saturated carbocycles. The van der Waals surface area contributed by atoms with Crippen LogP contribution in [0, 0.1) is 17.8 Å². The Labute approximate surface area is 268 Å². The number of benzene rings is 1. The molecule has 6 atom stereocenters. The molecule has 2 amide bonds. The number of piperidine rings is 1. The van der Waals surface area contributed by atoms with Crippen molar-refractivity contribution in [3.63, 3.8) is 0 Å². The highest BCUT2D eigenvalue weighted by molar-refractivity contribution is 7.09. The predicted octanol–water partition coefficient (Wildman–Crippen LogP) is 6.17. The van der Waals surface area contributed by atoms with Crippen molar-refractivity contribution in [2.75, 3.05) is 27.7 Å². The Morgan fingerprint density at radius 1 is 1.14 bits per heavy atom. The number of carbonyl (C=O) groups excluding carboxylic acids is 3. The van der Waals surface area contributed by atoms with Gasteiger partial charge in [-0.2, -0.15) is 0 Å². The molecule has 1 aromatic heterocycles. The molecular formula is C35H54N4O4S. The van der Waals surface area contributed by atoms with Gasteiger partial charge in [-0.15, -0.1) is 11.3 Å². The van der Waals surface area contributed by atoms with Crippen molar-refractivity contribution < 1.29 is 19.1 Å². The zero-order valence-electron chi connectivity index (χ0n) is 28.0. The van der Waals surface area contributed by atoms with Crippen molar-refractivity contribution >= 4 is 28.9 Å². The van der Waals surface area contributed by atoms with E-state index in [1.165, 1.54) is 16.9 Å². The summed E-state index contributed by atoms with van der Waals surface area (Å²) in [7, 11) is 5.53. The molecule has 244 valence electrons. The minimum absolute atomic E-state index is 0.0197. The third kappa shape index (κ3) is 9.69. The third-order valence-corrected chi connectivity index (χ3v) is 10.3. The van der Waals surface area contributed by atoms with Crippen molar-refractivity contribution in [1.29, 1.82) is 0 Å². The number of thiazole rings is 1.